The van der Waals surface area contributed by atoms with Gasteiger partial charge in [-0.2, -0.15) is 0 Å². The second kappa shape index (κ2) is 13.1. The molecule has 1 heterocycles. The maximum atomic E-state index is 13.2. The molecular formula is C27H31BrN4O5. The quantitative estimate of drug-likeness (QED) is 0.294. The summed E-state index contributed by atoms with van der Waals surface area (Å²) in [6, 6.07) is 19.3. The molecule has 0 aliphatic carbocycles. The predicted octanol–water partition coefficient (Wildman–Crippen LogP) is 5.07. The van der Waals surface area contributed by atoms with Crippen LogP contribution < -0.4 is 16.1 Å². The van der Waals surface area contributed by atoms with Crippen molar-refractivity contribution >= 4 is 39.5 Å². The lowest BCUT2D eigenvalue weighted by atomic mass is 10.2. The molecule has 0 radical (unpaired) electrons. The van der Waals surface area contributed by atoms with E-state index in [1.807, 2.05) is 36.4 Å². The Morgan fingerprint density at radius 3 is 2.27 bits per heavy atom. The second-order valence-corrected chi connectivity index (χ2v) is 10.1. The van der Waals surface area contributed by atoms with Crippen LogP contribution >= 0.6 is 15.9 Å². The van der Waals surface area contributed by atoms with Crippen LogP contribution in [0.25, 0.3) is 0 Å². The number of aromatic nitrogens is 1. The minimum atomic E-state index is -0.975. The van der Waals surface area contributed by atoms with Gasteiger partial charge in [0.25, 0.3) is 11.8 Å². The van der Waals surface area contributed by atoms with Crippen LogP contribution in [-0.2, 0) is 20.9 Å². The van der Waals surface area contributed by atoms with Crippen LogP contribution in [0.5, 0.6) is 0 Å². The zero-order valence-electron chi connectivity index (χ0n) is 21.0. The molecule has 0 saturated carbocycles. The lowest BCUT2D eigenvalue weighted by Gasteiger charge is -2.24. The molecular weight excluding hydrogens is 540 g/mol. The van der Waals surface area contributed by atoms with Crippen LogP contribution in [0.1, 0.15) is 43.2 Å². The summed E-state index contributed by atoms with van der Waals surface area (Å²) in [5.74, 6) is -0.961. The number of para-hydroxylation sites is 1. The third-order valence-corrected chi connectivity index (χ3v) is 5.62. The van der Waals surface area contributed by atoms with Gasteiger partial charge in [0.2, 0.25) is 0 Å². The van der Waals surface area contributed by atoms with E-state index in [2.05, 4.69) is 32.0 Å². The van der Waals surface area contributed by atoms with Gasteiger partial charge in [-0.1, -0.05) is 48.5 Å². The molecule has 1 atom stereocenters. The summed E-state index contributed by atoms with van der Waals surface area (Å²) < 4.78 is 12.8. The van der Waals surface area contributed by atoms with Gasteiger partial charge in [-0.15, -0.1) is 0 Å². The molecule has 196 valence electrons. The first-order valence-corrected chi connectivity index (χ1v) is 12.6. The first-order valence-electron chi connectivity index (χ1n) is 11.8. The number of amides is 3. The molecule has 0 bridgehead atoms. The Morgan fingerprint density at radius 2 is 1.62 bits per heavy atom. The lowest BCUT2D eigenvalue weighted by molar-refractivity contribution is -0.119. The minimum absolute atomic E-state index is 0.186. The number of alkyl carbamates (subject to hydrolysis) is 1. The molecule has 3 aromatic rings. The lowest BCUT2D eigenvalue weighted by Crippen LogP contribution is -2.48. The molecule has 37 heavy (non-hydrogen) atoms. The van der Waals surface area contributed by atoms with Crippen LogP contribution in [0.15, 0.2) is 77.4 Å². The summed E-state index contributed by atoms with van der Waals surface area (Å²) in [5.41, 5.74) is 3.75. The molecule has 0 unspecified atom stereocenters. The number of carbonyl (C=O) groups excluding carboxylic acids is 3. The van der Waals surface area contributed by atoms with E-state index in [1.165, 1.54) is 4.68 Å². The minimum Gasteiger partial charge on any atom is -0.444 e. The van der Waals surface area contributed by atoms with Crippen molar-refractivity contribution in [1.29, 1.82) is 0 Å². The molecule has 0 fully saturated rings. The third-order valence-electron chi connectivity index (χ3n) is 4.98. The molecule has 3 amide bonds. The Kier molecular flexibility index (Phi) is 9.87. The monoisotopic (exact) mass is 570 g/mol. The van der Waals surface area contributed by atoms with E-state index >= 15 is 0 Å². The molecule has 9 nitrogen and oxygen atoms in total. The van der Waals surface area contributed by atoms with Gasteiger partial charge in [0.1, 0.15) is 17.3 Å². The van der Waals surface area contributed by atoms with Crippen molar-refractivity contribution in [3.8, 4) is 0 Å². The number of carbonyl (C=O) groups is 3. The number of anilines is 1. The van der Waals surface area contributed by atoms with Crippen molar-refractivity contribution in [2.45, 2.75) is 45.4 Å². The molecule has 1 aromatic heterocycles. The maximum Gasteiger partial charge on any atom is 0.408 e. The van der Waals surface area contributed by atoms with Gasteiger partial charge in [0.05, 0.1) is 11.1 Å². The summed E-state index contributed by atoms with van der Waals surface area (Å²) in [7, 11) is 0. The van der Waals surface area contributed by atoms with Crippen LogP contribution in [0, 0.1) is 0 Å². The molecule has 3 rings (SSSR count). The highest BCUT2D eigenvalue weighted by Gasteiger charge is 2.26. The van der Waals surface area contributed by atoms with Crippen LogP contribution in [0.2, 0.25) is 0 Å². The van der Waals surface area contributed by atoms with Crippen molar-refractivity contribution in [1.82, 2.24) is 9.99 Å². The Labute approximate surface area is 224 Å². The highest BCUT2D eigenvalue weighted by Crippen LogP contribution is 2.19. The summed E-state index contributed by atoms with van der Waals surface area (Å²) >= 11 is 3.36. The number of rotatable bonds is 10. The van der Waals surface area contributed by atoms with E-state index in [1.54, 1.807) is 57.3 Å². The highest BCUT2D eigenvalue weighted by molar-refractivity contribution is 9.10. The van der Waals surface area contributed by atoms with E-state index in [0.717, 1.165) is 5.56 Å². The number of hydrogen-bond donors (Lipinski definition) is 3. The average Bonchev–Trinajstić information content (AvgIpc) is 3.21. The molecule has 0 aliphatic rings. The zero-order valence-corrected chi connectivity index (χ0v) is 22.6. The number of nitrogens with zero attached hydrogens (tertiary/aromatic N) is 1. The largest absolute Gasteiger partial charge is 0.444 e. The fraction of sp³-hybridized carbons (Fsp3) is 0.296. The second-order valence-electron chi connectivity index (χ2n) is 9.20. The summed E-state index contributed by atoms with van der Waals surface area (Å²) in [6.07, 6.45) is 0.996. The molecule has 0 saturated heterocycles. The SMILES string of the molecule is CC(C)(C)OC(=O)N[C@@H](CCOCc1ccccc1)C(=O)Nn1ccc(Br)c1C(=O)Nc1ccccc1. The topological polar surface area (TPSA) is 111 Å². The predicted molar refractivity (Wildman–Crippen MR) is 145 cm³/mol. The normalized spacial score (nSPS) is 11.9. The van der Waals surface area contributed by atoms with E-state index in [-0.39, 0.29) is 18.7 Å². The summed E-state index contributed by atoms with van der Waals surface area (Å²) in [4.78, 5) is 38.6. The Bertz CT molecular complexity index is 1190. The van der Waals surface area contributed by atoms with Gasteiger partial charge in [-0.05, 0) is 60.5 Å². The Hall–Kier alpha value is -3.63. The number of hydrogen-bond acceptors (Lipinski definition) is 5. The Balaban J connectivity index is 1.68. The van der Waals surface area contributed by atoms with Crippen molar-refractivity contribution in [3.05, 3.63) is 88.7 Å². The van der Waals surface area contributed by atoms with Crippen molar-refractivity contribution < 1.29 is 23.9 Å². The maximum absolute atomic E-state index is 13.2. The van der Waals surface area contributed by atoms with Gasteiger partial charge in [0, 0.05) is 24.9 Å². The Morgan fingerprint density at radius 1 is 0.973 bits per heavy atom. The van der Waals surface area contributed by atoms with Crippen LogP contribution in [0.4, 0.5) is 10.5 Å². The standard InChI is InChI=1S/C27H31BrN4O5/c1-27(2,3)37-26(35)30-22(15-17-36-18-19-10-6-4-7-11-19)24(33)31-32-16-14-21(28)23(32)25(34)29-20-12-8-5-9-13-20/h4-14,16,22H,15,17-18H2,1-3H3,(H,29,34)(H,30,35)(H,31,33)/t22-/m0/s1. The van der Waals surface area contributed by atoms with Gasteiger partial charge < -0.3 is 20.1 Å². The van der Waals surface area contributed by atoms with Gasteiger partial charge in [-0.25, -0.2) is 4.79 Å². The highest BCUT2D eigenvalue weighted by atomic mass is 79.9. The van der Waals surface area contributed by atoms with E-state index in [0.29, 0.717) is 16.8 Å². The zero-order chi connectivity index (χ0) is 26.8. The number of benzene rings is 2. The molecule has 3 N–H and O–H groups in total. The van der Waals surface area contributed by atoms with Crippen LogP contribution in [0.3, 0.4) is 0 Å². The summed E-state index contributed by atoms with van der Waals surface area (Å²) in [6.45, 7) is 5.79. The van der Waals surface area contributed by atoms with E-state index in [4.69, 9.17) is 9.47 Å². The molecule has 10 heteroatoms. The number of ether oxygens (including phenoxy) is 2. The fourth-order valence-corrected chi connectivity index (χ4v) is 3.80. The smallest absolute Gasteiger partial charge is 0.408 e. The first-order chi connectivity index (χ1) is 17.6. The summed E-state index contributed by atoms with van der Waals surface area (Å²) in [5, 5.41) is 5.40. The van der Waals surface area contributed by atoms with Gasteiger partial charge >= 0.3 is 6.09 Å². The average molecular weight is 571 g/mol. The van der Waals surface area contributed by atoms with E-state index < -0.39 is 29.6 Å². The molecule has 0 aliphatic heterocycles. The van der Waals surface area contributed by atoms with Crippen molar-refractivity contribution in [3.63, 3.8) is 0 Å². The molecule has 2 aromatic carbocycles. The van der Waals surface area contributed by atoms with Crippen molar-refractivity contribution in [2.24, 2.45) is 0 Å². The van der Waals surface area contributed by atoms with Gasteiger partial charge in [-0.3, -0.25) is 19.7 Å². The number of halogens is 1. The molecule has 0 spiro atoms. The fourth-order valence-electron chi connectivity index (χ4n) is 3.31. The van der Waals surface area contributed by atoms with Crippen LogP contribution in [-0.4, -0.2) is 40.8 Å². The number of nitrogens with one attached hydrogen (secondary N) is 3. The van der Waals surface area contributed by atoms with Gasteiger partial charge in [0.15, 0.2) is 0 Å². The first kappa shape index (κ1) is 27.9. The third kappa shape index (κ3) is 9.07. The van der Waals surface area contributed by atoms with E-state index in [9.17, 15) is 14.4 Å². The van der Waals surface area contributed by atoms with Crippen molar-refractivity contribution in [2.75, 3.05) is 17.3 Å².